The molecule has 1 aromatic carbocycles. The molecule has 1 aliphatic carbocycles. The Kier molecular flexibility index (Phi) is 9.99. The van der Waals surface area contributed by atoms with Crippen LogP contribution in [0.15, 0.2) is 41.5 Å². The first-order valence-corrected chi connectivity index (χ1v) is 16.4. The number of fused-ring (bicyclic) bond motifs is 3. The van der Waals surface area contributed by atoms with Gasteiger partial charge in [0.05, 0.1) is 35.9 Å². The molecule has 2 aromatic heterocycles. The van der Waals surface area contributed by atoms with Crippen molar-refractivity contribution in [3.63, 3.8) is 0 Å². The van der Waals surface area contributed by atoms with Crippen molar-refractivity contribution in [1.82, 2.24) is 14.9 Å². The summed E-state index contributed by atoms with van der Waals surface area (Å²) in [6, 6.07) is 5.72. The van der Waals surface area contributed by atoms with Gasteiger partial charge >= 0.3 is 7.82 Å². The molecule has 0 spiro atoms. The monoisotopic (exact) mass is 613 g/mol. The molecular weight excluding hydrogens is 579 g/mol. The number of nitrogens with zero attached hydrogens (tertiary/aromatic N) is 2. The summed E-state index contributed by atoms with van der Waals surface area (Å²) < 4.78 is 72.5. The SMILES string of the molecule is CCS(=O)(=O)C1=CCCC(c2ccc(OCCCN(CCOP(=O)(O)O)CC(F)F)c3[nH]c4ncc(C)cc4c23)=C1. The van der Waals surface area contributed by atoms with Crippen molar-refractivity contribution < 1.29 is 40.8 Å². The molecule has 0 saturated heterocycles. The Balaban J connectivity index is 1.58. The number of sulfone groups is 1. The van der Waals surface area contributed by atoms with Crippen LogP contribution in [0.3, 0.4) is 0 Å². The molecule has 0 radical (unpaired) electrons. The van der Waals surface area contributed by atoms with E-state index in [-0.39, 0.29) is 32.1 Å². The molecule has 0 amide bonds. The first-order chi connectivity index (χ1) is 19.4. The Hall–Kier alpha value is -2.67. The number of rotatable bonds is 14. The van der Waals surface area contributed by atoms with Crippen LogP contribution in [0.4, 0.5) is 8.78 Å². The van der Waals surface area contributed by atoms with Crippen LogP contribution in [0.5, 0.6) is 5.75 Å². The summed E-state index contributed by atoms with van der Waals surface area (Å²) in [6.07, 6.45) is 4.29. The van der Waals surface area contributed by atoms with Crippen molar-refractivity contribution in [2.24, 2.45) is 0 Å². The topological polar surface area (TPSA) is 142 Å². The zero-order valence-electron chi connectivity index (χ0n) is 22.8. The number of phosphoric acid groups is 1. The lowest BCUT2D eigenvalue weighted by atomic mass is 9.93. The minimum Gasteiger partial charge on any atom is -0.491 e. The van der Waals surface area contributed by atoms with Gasteiger partial charge in [-0.2, -0.15) is 0 Å². The Morgan fingerprint density at radius 1 is 1.22 bits per heavy atom. The van der Waals surface area contributed by atoms with Crippen LogP contribution < -0.4 is 4.74 Å². The van der Waals surface area contributed by atoms with E-state index in [4.69, 9.17) is 14.5 Å². The smallest absolute Gasteiger partial charge is 0.469 e. The van der Waals surface area contributed by atoms with Crippen molar-refractivity contribution >= 4 is 45.2 Å². The van der Waals surface area contributed by atoms with E-state index < -0.39 is 30.6 Å². The molecule has 0 aliphatic heterocycles. The molecule has 41 heavy (non-hydrogen) atoms. The molecule has 14 heteroatoms. The predicted octanol–water partition coefficient (Wildman–Crippen LogP) is 4.97. The molecule has 2 heterocycles. The van der Waals surface area contributed by atoms with Gasteiger partial charge < -0.3 is 19.5 Å². The van der Waals surface area contributed by atoms with E-state index in [0.717, 1.165) is 27.5 Å². The van der Waals surface area contributed by atoms with Crippen LogP contribution in [-0.4, -0.2) is 78.1 Å². The summed E-state index contributed by atoms with van der Waals surface area (Å²) in [5.41, 5.74) is 4.11. The quantitative estimate of drug-likeness (QED) is 0.170. The van der Waals surface area contributed by atoms with E-state index >= 15 is 0 Å². The largest absolute Gasteiger partial charge is 0.491 e. The Bertz CT molecular complexity index is 1620. The number of halogens is 2. The number of hydrogen-bond acceptors (Lipinski definition) is 7. The second-order valence-electron chi connectivity index (χ2n) is 9.83. The van der Waals surface area contributed by atoms with E-state index in [1.54, 1.807) is 31.3 Å². The number of phosphoric ester groups is 1. The van der Waals surface area contributed by atoms with Gasteiger partial charge in [-0.3, -0.25) is 9.42 Å². The molecule has 3 aromatic rings. The van der Waals surface area contributed by atoms with E-state index in [2.05, 4.69) is 14.5 Å². The third-order valence-corrected chi connectivity index (χ3v) is 9.09. The van der Waals surface area contributed by atoms with Crippen molar-refractivity contribution in [3.8, 4) is 5.75 Å². The van der Waals surface area contributed by atoms with E-state index in [1.165, 1.54) is 4.90 Å². The highest BCUT2D eigenvalue weighted by atomic mass is 32.2. The first-order valence-electron chi connectivity index (χ1n) is 13.3. The fourth-order valence-corrected chi connectivity index (χ4v) is 6.22. The molecule has 4 rings (SSSR count). The number of nitrogens with one attached hydrogen (secondary N) is 1. The van der Waals surface area contributed by atoms with Gasteiger partial charge in [0.2, 0.25) is 0 Å². The Morgan fingerprint density at radius 2 is 2.00 bits per heavy atom. The highest BCUT2D eigenvalue weighted by molar-refractivity contribution is 7.95. The zero-order chi connectivity index (χ0) is 29.8. The molecule has 3 N–H and O–H groups in total. The number of H-pyrrole nitrogens is 1. The van der Waals surface area contributed by atoms with Crippen LogP contribution in [0, 0.1) is 6.92 Å². The number of benzene rings is 1. The van der Waals surface area contributed by atoms with Gasteiger partial charge in [-0.25, -0.2) is 26.7 Å². The third kappa shape index (κ3) is 8.00. The van der Waals surface area contributed by atoms with Crippen LogP contribution in [0.1, 0.15) is 37.3 Å². The summed E-state index contributed by atoms with van der Waals surface area (Å²) >= 11 is 0. The summed E-state index contributed by atoms with van der Waals surface area (Å²) in [6.45, 7) is 2.96. The minimum absolute atomic E-state index is 0.0203. The fourth-order valence-electron chi connectivity index (χ4n) is 4.87. The summed E-state index contributed by atoms with van der Waals surface area (Å²) in [7, 11) is -8.04. The average Bonchev–Trinajstić information content (AvgIpc) is 3.29. The van der Waals surface area contributed by atoms with Crippen LogP contribution in [0.25, 0.3) is 27.5 Å². The maximum Gasteiger partial charge on any atom is 0.469 e. The van der Waals surface area contributed by atoms with Crippen molar-refractivity contribution in [3.05, 3.63) is 52.6 Å². The molecule has 1 aliphatic rings. The zero-order valence-corrected chi connectivity index (χ0v) is 24.6. The predicted molar refractivity (Wildman–Crippen MR) is 154 cm³/mol. The third-order valence-electron chi connectivity index (χ3n) is 6.80. The summed E-state index contributed by atoms with van der Waals surface area (Å²) in [4.78, 5) is 27.2. The summed E-state index contributed by atoms with van der Waals surface area (Å²) in [5, 5.41) is 1.74. The molecule has 10 nitrogen and oxygen atoms in total. The average molecular weight is 614 g/mol. The van der Waals surface area contributed by atoms with Gasteiger partial charge in [0, 0.05) is 30.1 Å². The molecule has 0 saturated carbocycles. The lowest BCUT2D eigenvalue weighted by Gasteiger charge is -2.22. The van der Waals surface area contributed by atoms with Crippen LogP contribution in [0.2, 0.25) is 0 Å². The van der Waals surface area contributed by atoms with E-state index in [9.17, 15) is 21.8 Å². The van der Waals surface area contributed by atoms with Gasteiger partial charge in [0.15, 0.2) is 9.84 Å². The van der Waals surface area contributed by atoms with Crippen LogP contribution >= 0.6 is 7.82 Å². The van der Waals surface area contributed by atoms with Crippen molar-refractivity contribution in [1.29, 1.82) is 0 Å². The molecule has 0 fully saturated rings. The molecule has 224 valence electrons. The maximum absolute atomic E-state index is 13.0. The van der Waals surface area contributed by atoms with Crippen LogP contribution in [-0.2, 0) is 18.9 Å². The molecule has 0 unspecified atom stereocenters. The molecule has 0 bridgehead atoms. The normalized spacial score (nSPS) is 14.7. The molecule has 0 atom stereocenters. The number of hydrogen-bond donors (Lipinski definition) is 3. The van der Waals surface area contributed by atoms with E-state index in [1.807, 2.05) is 19.1 Å². The van der Waals surface area contributed by atoms with Gasteiger partial charge in [-0.05, 0) is 61.1 Å². The number of allylic oxidation sites excluding steroid dienone is 3. The maximum atomic E-state index is 13.0. The lowest BCUT2D eigenvalue weighted by molar-refractivity contribution is 0.0740. The number of ether oxygens (including phenoxy) is 1. The number of aromatic nitrogens is 2. The van der Waals surface area contributed by atoms with Gasteiger partial charge in [-0.1, -0.05) is 19.1 Å². The molecular formula is C27H34F2N3O7PS. The second-order valence-corrected chi connectivity index (χ2v) is 13.3. The number of pyridine rings is 1. The Labute approximate surface area is 237 Å². The van der Waals surface area contributed by atoms with Gasteiger partial charge in [0.25, 0.3) is 6.43 Å². The van der Waals surface area contributed by atoms with Crippen molar-refractivity contribution in [2.45, 2.75) is 39.5 Å². The second kappa shape index (κ2) is 13.1. The number of aromatic amines is 1. The standard InChI is InChI=1S/C27H34F2N3O7PS/c1-3-41(36,37)20-7-4-6-19(15-20)21-8-9-23(26-25(21)22-14-18(2)16-30-27(22)31-26)38-12-5-10-32(17-24(28)29)11-13-39-40(33,34)35/h7-9,14-16,24H,3-6,10-13,17H2,1-2H3,(H,30,31)(H2,33,34,35). The number of alkyl halides is 2. The van der Waals surface area contributed by atoms with Crippen molar-refractivity contribution in [2.75, 3.05) is 38.6 Å². The minimum atomic E-state index is -4.68. The first kappa shape index (κ1) is 31.3. The lowest BCUT2D eigenvalue weighted by Crippen LogP contribution is -2.33. The summed E-state index contributed by atoms with van der Waals surface area (Å²) in [5.74, 6) is 0.560. The number of aryl methyl sites for hydroxylation is 1. The fraction of sp³-hybridized carbons (Fsp3) is 0.444. The highest BCUT2D eigenvalue weighted by Crippen LogP contribution is 2.40. The van der Waals surface area contributed by atoms with Gasteiger partial charge in [-0.15, -0.1) is 0 Å². The highest BCUT2D eigenvalue weighted by Gasteiger charge is 2.22. The Morgan fingerprint density at radius 3 is 2.71 bits per heavy atom. The van der Waals surface area contributed by atoms with E-state index in [0.29, 0.717) is 41.1 Å². The van der Waals surface area contributed by atoms with Gasteiger partial charge in [0.1, 0.15) is 11.4 Å².